The van der Waals surface area contributed by atoms with Crippen LogP contribution in [0.15, 0.2) is 47.1 Å². The lowest BCUT2D eigenvalue weighted by atomic mass is 9.86. The fraction of sp³-hybridized carbons (Fsp3) is 0.143. The van der Waals surface area contributed by atoms with Crippen LogP contribution in [-0.2, 0) is 0 Å². The standard InChI is InChI=1S/C21H20O7/c1-10-6-13(8-11-2-4-15(22)20(27)18(11)25)17(24)14(7-10)9-12-3-5-16(23)21(28)19(12)26/h2-6,8-9,17,22-28H,7H2,1H3. The Hall–Kier alpha value is -3.58. The van der Waals surface area contributed by atoms with Crippen LogP contribution < -0.4 is 0 Å². The summed E-state index contributed by atoms with van der Waals surface area (Å²) in [5, 5.41) is 69.0. The van der Waals surface area contributed by atoms with Crippen molar-refractivity contribution < 1.29 is 35.7 Å². The molecule has 0 fully saturated rings. The number of hydrogen-bond acceptors (Lipinski definition) is 7. The van der Waals surface area contributed by atoms with Crippen molar-refractivity contribution in [3.8, 4) is 34.5 Å². The van der Waals surface area contributed by atoms with Crippen molar-refractivity contribution in [2.45, 2.75) is 19.4 Å². The molecule has 0 saturated heterocycles. The van der Waals surface area contributed by atoms with Gasteiger partial charge in [0.1, 0.15) is 6.10 Å². The van der Waals surface area contributed by atoms with E-state index < -0.39 is 40.6 Å². The van der Waals surface area contributed by atoms with Gasteiger partial charge in [-0.05, 0) is 60.9 Å². The normalized spacial score (nSPS) is 19.8. The molecule has 2 aromatic rings. The molecular formula is C21H20O7. The number of benzene rings is 2. The fourth-order valence-corrected chi connectivity index (χ4v) is 3.08. The van der Waals surface area contributed by atoms with E-state index in [1.54, 1.807) is 6.08 Å². The molecule has 2 aromatic carbocycles. The molecule has 28 heavy (non-hydrogen) atoms. The second-order valence-electron chi connectivity index (χ2n) is 6.68. The second kappa shape index (κ2) is 7.21. The number of aromatic hydroxyl groups is 6. The second-order valence-corrected chi connectivity index (χ2v) is 6.68. The molecule has 7 heteroatoms. The molecule has 146 valence electrons. The van der Waals surface area contributed by atoms with Crippen LogP contribution in [0.2, 0.25) is 0 Å². The highest BCUT2D eigenvalue weighted by atomic mass is 16.3. The first-order valence-corrected chi connectivity index (χ1v) is 8.44. The molecule has 1 atom stereocenters. The average Bonchev–Trinajstić information content (AvgIpc) is 2.66. The van der Waals surface area contributed by atoms with Crippen LogP contribution in [0.25, 0.3) is 12.2 Å². The van der Waals surface area contributed by atoms with Crippen LogP contribution in [0.4, 0.5) is 0 Å². The van der Waals surface area contributed by atoms with Crippen molar-refractivity contribution in [2.24, 2.45) is 0 Å². The van der Waals surface area contributed by atoms with Gasteiger partial charge in [-0.2, -0.15) is 0 Å². The fourth-order valence-electron chi connectivity index (χ4n) is 3.08. The van der Waals surface area contributed by atoms with Gasteiger partial charge in [0.05, 0.1) is 0 Å². The van der Waals surface area contributed by atoms with Gasteiger partial charge in [0.15, 0.2) is 23.0 Å². The molecule has 1 unspecified atom stereocenters. The highest BCUT2D eigenvalue weighted by molar-refractivity contribution is 5.72. The molecule has 7 nitrogen and oxygen atoms in total. The first-order chi connectivity index (χ1) is 13.2. The first-order valence-electron chi connectivity index (χ1n) is 8.44. The summed E-state index contributed by atoms with van der Waals surface area (Å²) in [7, 11) is 0. The lowest BCUT2D eigenvalue weighted by molar-refractivity contribution is 0.247. The third-order valence-electron chi connectivity index (χ3n) is 4.55. The molecule has 0 saturated carbocycles. The maximum Gasteiger partial charge on any atom is 0.200 e. The van der Waals surface area contributed by atoms with E-state index in [0.717, 1.165) is 5.57 Å². The van der Waals surface area contributed by atoms with Gasteiger partial charge < -0.3 is 35.7 Å². The van der Waals surface area contributed by atoms with Crippen LogP contribution in [0, 0.1) is 0 Å². The molecular weight excluding hydrogens is 364 g/mol. The number of rotatable bonds is 2. The summed E-state index contributed by atoms with van der Waals surface area (Å²) in [6, 6.07) is 5.26. The molecule has 0 aromatic heterocycles. The maximum atomic E-state index is 10.7. The Morgan fingerprint density at radius 2 is 1.25 bits per heavy atom. The summed E-state index contributed by atoms with van der Waals surface area (Å²) in [5.74, 6) is -3.23. The Labute approximate surface area is 160 Å². The Morgan fingerprint density at radius 3 is 1.79 bits per heavy atom. The molecule has 1 aliphatic carbocycles. The van der Waals surface area contributed by atoms with Crippen LogP contribution in [0.3, 0.4) is 0 Å². The predicted molar refractivity (Wildman–Crippen MR) is 103 cm³/mol. The highest BCUT2D eigenvalue weighted by Crippen LogP contribution is 2.41. The number of phenols is 6. The molecule has 1 aliphatic rings. The average molecular weight is 384 g/mol. The molecule has 0 amide bonds. The van der Waals surface area contributed by atoms with Crippen molar-refractivity contribution >= 4 is 12.2 Å². The van der Waals surface area contributed by atoms with E-state index >= 15 is 0 Å². The van der Waals surface area contributed by atoms with Crippen molar-refractivity contribution in [3.63, 3.8) is 0 Å². The van der Waals surface area contributed by atoms with E-state index in [9.17, 15) is 35.7 Å². The smallest absolute Gasteiger partial charge is 0.200 e. The van der Waals surface area contributed by atoms with Gasteiger partial charge in [0.25, 0.3) is 0 Å². The Balaban J connectivity index is 2.04. The third kappa shape index (κ3) is 3.47. The van der Waals surface area contributed by atoms with Gasteiger partial charge in [-0.3, -0.25) is 0 Å². The minimum atomic E-state index is -1.07. The summed E-state index contributed by atoms with van der Waals surface area (Å²) in [4.78, 5) is 0. The molecule has 0 spiro atoms. The zero-order valence-corrected chi connectivity index (χ0v) is 15.0. The van der Waals surface area contributed by atoms with Gasteiger partial charge in [-0.25, -0.2) is 0 Å². The summed E-state index contributed by atoms with van der Waals surface area (Å²) >= 11 is 0. The van der Waals surface area contributed by atoms with E-state index in [-0.39, 0.29) is 11.1 Å². The van der Waals surface area contributed by atoms with E-state index in [1.165, 1.54) is 36.4 Å². The van der Waals surface area contributed by atoms with Gasteiger partial charge >= 0.3 is 0 Å². The summed E-state index contributed by atoms with van der Waals surface area (Å²) in [5.41, 5.74) is 2.28. The van der Waals surface area contributed by atoms with Gasteiger partial charge in [0.2, 0.25) is 11.5 Å². The van der Waals surface area contributed by atoms with Gasteiger partial charge in [-0.1, -0.05) is 11.6 Å². The van der Waals surface area contributed by atoms with Crippen molar-refractivity contribution in [1.82, 2.24) is 0 Å². The number of allylic oxidation sites excluding steroid dienone is 1. The number of hydrogen-bond donors (Lipinski definition) is 7. The quantitative estimate of drug-likeness (QED) is 0.394. The third-order valence-corrected chi connectivity index (χ3v) is 4.55. The number of aliphatic hydroxyl groups is 1. The van der Waals surface area contributed by atoms with E-state index in [0.29, 0.717) is 17.6 Å². The monoisotopic (exact) mass is 384 g/mol. The van der Waals surface area contributed by atoms with Crippen LogP contribution in [0.1, 0.15) is 24.5 Å². The highest BCUT2D eigenvalue weighted by Gasteiger charge is 2.22. The lowest BCUT2D eigenvalue weighted by Crippen LogP contribution is -2.17. The van der Waals surface area contributed by atoms with Gasteiger partial charge in [0, 0.05) is 11.1 Å². The predicted octanol–water partition coefficient (Wildman–Crippen LogP) is 3.10. The molecule has 0 aliphatic heterocycles. The van der Waals surface area contributed by atoms with Crippen molar-refractivity contribution in [3.05, 3.63) is 58.2 Å². The maximum absolute atomic E-state index is 10.7. The number of phenolic OH excluding ortho intramolecular Hbond substituents is 6. The Bertz CT molecular complexity index is 1030. The summed E-state index contributed by atoms with van der Waals surface area (Å²) in [6.07, 6.45) is 4.06. The zero-order chi connectivity index (χ0) is 20.6. The topological polar surface area (TPSA) is 142 Å². The Morgan fingerprint density at radius 1 is 0.750 bits per heavy atom. The van der Waals surface area contributed by atoms with Crippen molar-refractivity contribution in [1.29, 1.82) is 0 Å². The Kier molecular flexibility index (Phi) is 4.94. The first kappa shape index (κ1) is 19.2. The molecule has 0 heterocycles. The van der Waals surface area contributed by atoms with E-state index in [2.05, 4.69) is 0 Å². The van der Waals surface area contributed by atoms with Crippen molar-refractivity contribution in [2.75, 3.05) is 0 Å². The van der Waals surface area contributed by atoms with E-state index in [1.807, 2.05) is 6.92 Å². The van der Waals surface area contributed by atoms with E-state index in [4.69, 9.17) is 0 Å². The summed E-state index contributed by atoms with van der Waals surface area (Å²) < 4.78 is 0. The molecule has 3 rings (SSSR count). The molecule has 0 bridgehead atoms. The van der Waals surface area contributed by atoms with Crippen LogP contribution >= 0.6 is 0 Å². The minimum absolute atomic E-state index is 0.208. The molecule has 0 radical (unpaired) electrons. The number of aliphatic hydroxyl groups excluding tert-OH is 1. The van der Waals surface area contributed by atoms with Crippen LogP contribution in [0.5, 0.6) is 34.5 Å². The van der Waals surface area contributed by atoms with Gasteiger partial charge in [-0.15, -0.1) is 0 Å². The largest absolute Gasteiger partial charge is 0.504 e. The zero-order valence-electron chi connectivity index (χ0n) is 15.0. The lowest BCUT2D eigenvalue weighted by Gasteiger charge is -2.23. The summed E-state index contributed by atoms with van der Waals surface area (Å²) in [6.45, 7) is 1.84. The minimum Gasteiger partial charge on any atom is -0.504 e. The van der Waals surface area contributed by atoms with Crippen LogP contribution in [-0.4, -0.2) is 41.8 Å². The SMILES string of the molecule is CC1=CC(=Cc2ccc(O)c(O)c2O)C(O)C(=Cc2ccc(O)c(O)c2O)C1. The molecule has 7 N–H and O–H groups in total.